The van der Waals surface area contributed by atoms with Crippen LogP contribution in [0.3, 0.4) is 0 Å². The van der Waals surface area contributed by atoms with E-state index >= 15 is 0 Å². The molecule has 1 aromatic heterocycles. The molecule has 0 aliphatic carbocycles. The maximum absolute atomic E-state index is 12.0. The van der Waals surface area contributed by atoms with E-state index in [1.54, 1.807) is 0 Å². The molecule has 1 aromatic rings. The van der Waals surface area contributed by atoms with E-state index in [2.05, 4.69) is 15.4 Å². The van der Waals surface area contributed by atoms with E-state index in [9.17, 15) is 4.79 Å². The zero-order valence-electron chi connectivity index (χ0n) is 13.1. The second-order valence-corrected chi connectivity index (χ2v) is 5.68. The van der Waals surface area contributed by atoms with Crippen molar-refractivity contribution in [1.82, 2.24) is 15.4 Å². The second-order valence-electron chi connectivity index (χ2n) is 5.68. The first-order valence-electron chi connectivity index (χ1n) is 7.57. The number of nitrogens with one attached hydrogen (secondary N) is 1. The van der Waals surface area contributed by atoms with Crippen LogP contribution >= 0.6 is 0 Å². The van der Waals surface area contributed by atoms with Gasteiger partial charge in [0.1, 0.15) is 5.76 Å². The fourth-order valence-electron chi connectivity index (χ4n) is 2.66. The van der Waals surface area contributed by atoms with E-state index < -0.39 is 0 Å². The minimum absolute atomic E-state index is 0.0794. The first-order valence-corrected chi connectivity index (χ1v) is 7.57. The Labute approximate surface area is 125 Å². The van der Waals surface area contributed by atoms with Gasteiger partial charge in [-0.25, -0.2) is 0 Å². The quantitative estimate of drug-likeness (QED) is 0.850. The van der Waals surface area contributed by atoms with Crippen molar-refractivity contribution in [1.29, 1.82) is 0 Å². The second kappa shape index (κ2) is 7.56. The summed E-state index contributed by atoms with van der Waals surface area (Å²) in [6, 6.07) is 0.153. The van der Waals surface area contributed by atoms with Gasteiger partial charge in [-0.2, -0.15) is 0 Å². The largest absolute Gasteiger partial charge is 0.379 e. The van der Waals surface area contributed by atoms with Gasteiger partial charge >= 0.3 is 0 Å². The number of aromatic nitrogens is 1. The van der Waals surface area contributed by atoms with Gasteiger partial charge in [-0.3, -0.25) is 9.69 Å². The number of aryl methyl sites for hydroxylation is 2. The lowest BCUT2D eigenvalue weighted by molar-refractivity contribution is -0.121. The fraction of sp³-hybridized carbons (Fsp3) is 0.733. The first-order chi connectivity index (χ1) is 10.1. The number of morpholine rings is 1. The summed E-state index contributed by atoms with van der Waals surface area (Å²) in [4.78, 5) is 14.3. The van der Waals surface area contributed by atoms with Crippen molar-refractivity contribution >= 4 is 5.91 Å². The summed E-state index contributed by atoms with van der Waals surface area (Å²) < 4.78 is 10.4. The van der Waals surface area contributed by atoms with Gasteiger partial charge < -0.3 is 14.6 Å². The summed E-state index contributed by atoms with van der Waals surface area (Å²) in [6.45, 7) is 10.2. The zero-order chi connectivity index (χ0) is 15.2. The van der Waals surface area contributed by atoms with Crippen molar-refractivity contribution in [2.45, 2.75) is 39.7 Å². The summed E-state index contributed by atoms with van der Waals surface area (Å²) in [5.74, 6) is 0.887. The predicted octanol–water partition coefficient (Wildman–Crippen LogP) is 1.06. The van der Waals surface area contributed by atoms with Gasteiger partial charge in [0.05, 0.1) is 18.9 Å². The fourth-order valence-corrected chi connectivity index (χ4v) is 2.66. The number of hydrogen-bond acceptors (Lipinski definition) is 5. The molecule has 1 amide bonds. The lowest BCUT2D eigenvalue weighted by atomic mass is 10.1. The van der Waals surface area contributed by atoms with E-state index in [-0.39, 0.29) is 11.9 Å². The van der Waals surface area contributed by atoms with E-state index in [4.69, 9.17) is 9.26 Å². The Morgan fingerprint density at radius 2 is 2.10 bits per heavy atom. The topological polar surface area (TPSA) is 67.6 Å². The summed E-state index contributed by atoms with van der Waals surface area (Å²) in [6.07, 6.45) is 1.15. The Bertz CT molecular complexity index is 447. The number of rotatable bonds is 6. The van der Waals surface area contributed by atoms with Crippen LogP contribution in [0, 0.1) is 13.8 Å². The van der Waals surface area contributed by atoms with Crippen LogP contribution in [0.5, 0.6) is 0 Å². The van der Waals surface area contributed by atoms with Gasteiger partial charge in [-0.15, -0.1) is 0 Å². The molecule has 0 spiro atoms. The van der Waals surface area contributed by atoms with Crippen LogP contribution in [-0.4, -0.2) is 54.9 Å². The predicted molar refractivity (Wildman–Crippen MR) is 79.2 cm³/mol. The number of amides is 1. The zero-order valence-corrected chi connectivity index (χ0v) is 13.1. The third-order valence-corrected chi connectivity index (χ3v) is 3.83. The Morgan fingerprint density at radius 1 is 1.38 bits per heavy atom. The Morgan fingerprint density at radius 3 is 2.71 bits per heavy atom. The van der Waals surface area contributed by atoms with Crippen molar-refractivity contribution in [3.63, 3.8) is 0 Å². The van der Waals surface area contributed by atoms with Gasteiger partial charge in [-0.05, 0) is 27.2 Å². The number of hydrogen-bond donors (Lipinski definition) is 1. The lowest BCUT2D eigenvalue weighted by Crippen LogP contribution is -2.46. The van der Waals surface area contributed by atoms with Gasteiger partial charge in [0.25, 0.3) is 0 Å². The van der Waals surface area contributed by atoms with E-state index in [1.165, 1.54) is 0 Å². The van der Waals surface area contributed by atoms with Gasteiger partial charge in [0.15, 0.2) is 0 Å². The summed E-state index contributed by atoms with van der Waals surface area (Å²) >= 11 is 0. The first kappa shape index (κ1) is 16.0. The van der Waals surface area contributed by atoms with Crippen molar-refractivity contribution in [3.05, 3.63) is 17.0 Å². The van der Waals surface area contributed by atoms with Crippen molar-refractivity contribution in [3.8, 4) is 0 Å². The SMILES string of the molecule is Cc1noc(C)c1CCC(=O)N[C@@H](C)CN1CCOCC1. The highest BCUT2D eigenvalue weighted by Gasteiger charge is 2.16. The average Bonchev–Trinajstić information content (AvgIpc) is 2.77. The third kappa shape index (κ3) is 4.82. The molecule has 1 aliphatic rings. The minimum Gasteiger partial charge on any atom is -0.379 e. The lowest BCUT2D eigenvalue weighted by Gasteiger charge is -2.29. The molecule has 1 atom stereocenters. The molecule has 0 radical (unpaired) electrons. The van der Waals surface area contributed by atoms with Crippen LogP contribution in [0.15, 0.2) is 4.52 Å². The number of carbonyl (C=O) groups excluding carboxylic acids is 1. The molecule has 1 aliphatic heterocycles. The molecule has 0 unspecified atom stereocenters. The molecule has 0 bridgehead atoms. The molecule has 1 saturated heterocycles. The molecule has 6 heteroatoms. The molecule has 2 heterocycles. The Hall–Kier alpha value is -1.40. The maximum atomic E-state index is 12.0. The smallest absolute Gasteiger partial charge is 0.220 e. The highest BCUT2D eigenvalue weighted by atomic mass is 16.5. The van der Waals surface area contributed by atoms with E-state index in [1.807, 2.05) is 20.8 Å². The molecule has 2 rings (SSSR count). The monoisotopic (exact) mass is 295 g/mol. The van der Waals surface area contributed by atoms with Crippen LogP contribution < -0.4 is 5.32 Å². The third-order valence-electron chi connectivity index (χ3n) is 3.83. The minimum atomic E-state index is 0.0794. The van der Waals surface area contributed by atoms with Crippen molar-refractivity contribution < 1.29 is 14.1 Å². The molecule has 6 nitrogen and oxygen atoms in total. The molecule has 1 fully saturated rings. The average molecular weight is 295 g/mol. The van der Waals surface area contributed by atoms with Crippen LogP contribution in [-0.2, 0) is 16.0 Å². The summed E-state index contributed by atoms with van der Waals surface area (Å²) in [5.41, 5.74) is 1.92. The van der Waals surface area contributed by atoms with Crippen LogP contribution in [0.2, 0.25) is 0 Å². The summed E-state index contributed by atoms with van der Waals surface area (Å²) in [5, 5.41) is 6.96. The molecular formula is C15H25N3O3. The number of ether oxygens (including phenoxy) is 1. The van der Waals surface area contributed by atoms with Crippen LogP contribution in [0.25, 0.3) is 0 Å². The Kier molecular flexibility index (Phi) is 5.76. The highest BCUT2D eigenvalue weighted by Crippen LogP contribution is 2.14. The van der Waals surface area contributed by atoms with E-state index in [0.717, 1.165) is 49.9 Å². The van der Waals surface area contributed by atoms with E-state index in [0.29, 0.717) is 12.8 Å². The van der Waals surface area contributed by atoms with Crippen molar-refractivity contribution in [2.24, 2.45) is 0 Å². The maximum Gasteiger partial charge on any atom is 0.220 e. The standard InChI is InChI=1S/C15H25N3O3/c1-11(10-18-6-8-20-9-7-18)16-15(19)5-4-14-12(2)17-21-13(14)3/h11H,4-10H2,1-3H3,(H,16,19)/t11-/m0/s1. The Balaban J connectivity index is 1.71. The molecule has 21 heavy (non-hydrogen) atoms. The molecule has 0 aromatic carbocycles. The molecule has 118 valence electrons. The number of carbonyl (C=O) groups is 1. The van der Waals surface area contributed by atoms with Gasteiger partial charge in [0, 0.05) is 37.7 Å². The van der Waals surface area contributed by atoms with Crippen LogP contribution in [0.1, 0.15) is 30.4 Å². The van der Waals surface area contributed by atoms with Gasteiger partial charge in [-0.1, -0.05) is 5.16 Å². The van der Waals surface area contributed by atoms with Gasteiger partial charge in [0.2, 0.25) is 5.91 Å². The van der Waals surface area contributed by atoms with Crippen molar-refractivity contribution in [2.75, 3.05) is 32.8 Å². The normalized spacial score (nSPS) is 17.7. The highest BCUT2D eigenvalue weighted by molar-refractivity contribution is 5.76. The molecular weight excluding hydrogens is 270 g/mol. The number of nitrogens with zero attached hydrogens (tertiary/aromatic N) is 2. The summed E-state index contributed by atoms with van der Waals surface area (Å²) in [7, 11) is 0. The molecule has 1 N–H and O–H groups in total. The van der Waals surface area contributed by atoms with Crippen LogP contribution in [0.4, 0.5) is 0 Å². The molecule has 0 saturated carbocycles.